The lowest BCUT2D eigenvalue weighted by molar-refractivity contribution is 0.0921. The summed E-state index contributed by atoms with van der Waals surface area (Å²) in [5.74, 6) is 0.315. The van der Waals surface area contributed by atoms with Crippen molar-refractivity contribution in [3.8, 4) is 5.75 Å². The van der Waals surface area contributed by atoms with E-state index in [1.807, 2.05) is 0 Å². The molecule has 0 atom stereocenters. The third-order valence-corrected chi connectivity index (χ3v) is 3.35. The molecule has 0 bridgehead atoms. The molecular formula is C14H11BrClNO2. The fourth-order valence-electron chi connectivity index (χ4n) is 1.56. The summed E-state index contributed by atoms with van der Waals surface area (Å²) >= 11 is 9.16. The Balaban J connectivity index is 2.09. The average molecular weight is 341 g/mol. The molecule has 0 aromatic heterocycles. The molecule has 0 heterocycles. The van der Waals surface area contributed by atoms with Crippen LogP contribution in [0.25, 0.3) is 0 Å². The molecule has 2 rings (SSSR count). The minimum atomic E-state index is -0.155. The molecule has 19 heavy (non-hydrogen) atoms. The van der Waals surface area contributed by atoms with Gasteiger partial charge >= 0.3 is 0 Å². The number of para-hydroxylation sites is 1. The molecule has 98 valence electrons. The molecule has 0 aliphatic heterocycles. The van der Waals surface area contributed by atoms with Gasteiger partial charge in [-0.25, -0.2) is 0 Å². The molecule has 0 aliphatic carbocycles. The molecule has 0 spiro atoms. The van der Waals surface area contributed by atoms with E-state index in [0.717, 1.165) is 0 Å². The summed E-state index contributed by atoms with van der Waals surface area (Å²) in [6.45, 7) is -0.0901. The third-order valence-electron chi connectivity index (χ3n) is 2.49. The van der Waals surface area contributed by atoms with Crippen LogP contribution in [0, 0.1) is 0 Å². The lowest BCUT2D eigenvalue weighted by Crippen LogP contribution is -2.12. The fourth-order valence-corrected chi connectivity index (χ4v) is 2.25. The van der Waals surface area contributed by atoms with E-state index in [9.17, 15) is 4.79 Å². The summed E-state index contributed by atoms with van der Waals surface area (Å²) in [6.07, 6.45) is 0. The predicted molar refractivity (Wildman–Crippen MR) is 79.8 cm³/mol. The van der Waals surface area contributed by atoms with Crippen molar-refractivity contribution in [2.75, 3.05) is 12.3 Å². The molecule has 2 aromatic rings. The highest BCUT2D eigenvalue weighted by molar-refractivity contribution is 9.10. The third kappa shape index (κ3) is 3.49. The van der Waals surface area contributed by atoms with Crippen molar-refractivity contribution in [2.24, 2.45) is 0 Å². The monoisotopic (exact) mass is 339 g/mol. The number of halogens is 2. The van der Waals surface area contributed by atoms with E-state index in [-0.39, 0.29) is 12.4 Å². The van der Waals surface area contributed by atoms with Crippen LogP contribution in [0.1, 0.15) is 10.4 Å². The number of hydrogen-bond donors (Lipinski definition) is 1. The van der Waals surface area contributed by atoms with E-state index in [1.165, 1.54) is 0 Å². The van der Waals surface area contributed by atoms with E-state index in [0.29, 0.717) is 26.5 Å². The number of benzene rings is 2. The SMILES string of the molecule is Nc1cccc(Br)c1OCC(=O)c1cccc(Cl)c1. The minimum Gasteiger partial charge on any atom is -0.482 e. The van der Waals surface area contributed by atoms with Gasteiger partial charge < -0.3 is 10.5 Å². The number of ether oxygens (including phenoxy) is 1. The van der Waals surface area contributed by atoms with Crippen molar-refractivity contribution in [2.45, 2.75) is 0 Å². The molecule has 2 N–H and O–H groups in total. The number of hydrogen-bond acceptors (Lipinski definition) is 3. The highest BCUT2D eigenvalue weighted by Gasteiger charge is 2.10. The zero-order valence-corrected chi connectivity index (χ0v) is 12.2. The van der Waals surface area contributed by atoms with Gasteiger partial charge in [0.15, 0.2) is 18.1 Å². The molecule has 0 saturated heterocycles. The number of nitrogens with two attached hydrogens (primary N) is 1. The van der Waals surface area contributed by atoms with Crippen LogP contribution >= 0.6 is 27.5 Å². The van der Waals surface area contributed by atoms with Crippen LogP contribution in [0.15, 0.2) is 46.9 Å². The van der Waals surface area contributed by atoms with E-state index in [2.05, 4.69) is 15.9 Å². The maximum absolute atomic E-state index is 12.0. The zero-order valence-electron chi connectivity index (χ0n) is 9.90. The van der Waals surface area contributed by atoms with Gasteiger partial charge in [-0.2, -0.15) is 0 Å². The smallest absolute Gasteiger partial charge is 0.200 e. The van der Waals surface area contributed by atoms with Gasteiger partial charge in [-0.05, 0) is 40.2 Å². The van der Waals surface area contributed by atoms with Crippen LogP contribution in [0.5, 0.6) is 5.75 Å². The molecule has 2 aromatic carbocycles. The Morgan fingerprint density at radius 2 is 2.00 bits per heavy atom. The number of carbonyl (C=O) groups excluding carboxylic acids is 1. The van der Waals surface area contributed by atoms with Crippen molar-refractivity contribution in [3.05, 3.63) is 57.5 Å². The molecule has 0 radical (unpaired) electrons. The van der Waals surface area contributed by atoms with Gasteiger partial charge in [0.2, 0.25) is 0 Å². The van der Waals surface area contributed by atoms with Crippen molar-refractivity contribution in [1.82, 2.24) is 0 Å². The van der Waals surface area contributed by atoms with Crippen molar-refractivity contribution >= 4 is 39.0 Å². The summed E-state index contributed by atoms with van der Waals surface area (Å²) in [7, 11) is 0. The molecule has 0 saturated carbocycles. The molecule has 0 unspecified atom stereocenters. The molecular weight excluding hydrogens is 330 g/mol. The van der Waals surface area contributed by atoms with E-state index >= 15 is 0 Å². The Morgan fingerprint density at radius 3 is 2.68 bits per heavy atom. The second-order valence-corrected chi connectivity index (χ2v) is 5.17. The normalized spacial score (nSPS) is 10.2. The number of carbonyl (C=O) groups is 1. The van der Waals surface area contributed by atoms with Crippen molar-refractivity contribution < 1.29 is 9.53 Å². The summed E-state index contributed by atoms with van der Waals surface area (Å²) in [4.78, 5) is 12.0. The Morgan fingerprint density at radius 1 is 1.26 bits per heavy atom. The molecule has 0 fully saturated rings. The first-order valence-electron chi connectivity index (χ1n) is 5.53. The van der Waals surface area contributed by atoms with Crippen LogP contribution < -0.4 is 10.5 Å². The summed E-state index contributed by atoms with van der Waals surface area (Å²) < 4.78 is 6.17. The van der Waals surface area contributed by atoms with Crippen LogP contribution in [0.2, 0.25) is 5.02 Å². The van der Waals surface area contributed by atoms with E-state index < -0.39 is 0 Å². The Bertz CT molecular complexity index is 596. The number of anilines is 1. The van der Waals surface area contributed by atoms with Gasteiger partial charge in [-0.3, -0.25) is 4.79 Å². The van der Waals surface area contributed by atoms with Crippen LogP contribution in [-0.4, -0.2) is 12.4 Å². The number of Topliss-reactive ketones (excluding diaryl/α,β-unsaturated/α-hetero) is 1. The van der Waals surface area contributed by atoms with Gasteiger partial charge in [0, 0.05) is 10.6 Å². The maximum atomic E-state index is 12.0. The van der Waals surface area contributed by atoms with Crippen LogP contribution in [0.4, 0.5) is 5.69 Å². The molecule has 0 amide bonds. The molecule has 0 aliphatic rings. The summed E-state index contributed by atoms with van der Waals surface area (Å²) in [6, 6.07) is 12.1. The number of rotatable bonds is 4. The van der Waals surface area contributed by atoms with E-state index in [4.69, 9.17) is 22.1 Å². The Labute approximate surface area is 124 Å². The fraction of sp³-hybridized carbons (Fsp3) is 0.0714. The first kappa shape index (κ1) is 13.9. The second kappa shape index (κ2) is 6.08. The highest BCUT2D eigenvalue weighted by atomic mass is 79.9. The van der Waals surface area contributed by atoms with E-state index in [1.54, 1.807) is 42.5 Å². The van der Waals surface area contributed by atoms with Gasteiger partial charge in [0.1, 0.15) is 0 Å². The number of nitrogen functional groups attached to an aromatic ring is 1. The lowest BCUT2D eigenvalue weighted by atomic mass is 10.1. The van der Waals surface area contributed by atoms with Crippen LogP contribution in [0.3, 0.4) is 0 Å². The topological polar surface area (TPSA) is 52.3 Å². The molecule has 3 nitrogen and oxygen atoms in total. The number of ketones is 1. The average Bonchev–Trinajstić information content (AvgIpc) is 2.38. The zero-order chi connectivity index (χ0) is 13.8. The highest BCUT2D eigenvalue weighted by Crippen LogP contribution is 2.30. The minimum absolute atomic E-state index is 0.0901. The summed E-state index contributed by atoms with van der Waals surface area (Å²) in [5.41, 5.74) is 6.78. The van der Waals surface area contributed by atoms with Gasteiger partial charge in [-0.15, -0.1) is 0 Å². The van der Waals surface area contributed by atoms with Crippen molar-refractivity contribution in [1.29, 1.82) is 0 Å². The lowest BCUT2D eigenvalue weighted by Gasteiger charge is -2.10. The van der Waals surface area contributed by atoms with Crippen molar-refractivity contribution in [3.63, 3.8) is 0 Å². The van der Waals surface area contributed by atoms with Gasteiger partial charge in [-0.1, -0.05) is 29.8 Å². The second-order valence-electron chi connectivity index (χ2n) is 3.88. The first-order chi connectivity index (χ1) is 9.08. The first-order valence-corrected chi connectivity index (χ1v) is 6.70. The Hall–Kier alpha value is -1.52. The predicted octanol–water partition coefficient (Wildman–Crippen LogP) is 3.95. The standard InChI is InChI=1S/C14H11BrClNO2/c15-11-5-2-6-12(17)14(11)19-8-13(18)9-3-1-4-10(16)7-9/h1-7H,8,17H2. The largest absolute Gasteiger partial charge is 0.482 e. The summed E-state index contributed by atoms with van der Waals surface area (Å²) in [5, 5.41) is 0.520. The quantitative estimate of drug-likeness (QED) is 0.677. The van der Waals surface area contributed by atoms with Gasteiger partial charge in [0.05, 0.1) is 10.2 Å². The van der Waals surface area contributed by atoms with Crippen LogP contribution in [-0.2, 0) is 0 Å². The Kier molecular flexibility index (Phi) is 4.45. The maximum Gasteiger partial charge on any atom is 0.200 e. The van der Waals surface area contributed by atoms with Gasteiger partial charge in [0.25, 0.3) is 0 Å². The molecule has 5 heteroatoms.